The molecular formula is C27H27FN2O4. The minimum atomic E-state index is -0.442. The maximum Gasteiger partial charge on any atom is 0.254 e. The van der Waals surface area contributed by atoms with Gasteiger partial charge in [-0.25, -0.2) is 4.39 Å². The van der Waals surface area contributed by atoms with Crippen LogP contribution in [0.25, 0.3) is 0 Å². The Morgan fingerprint density at radius 1 is 0.941 bits per heavy atom. The minimum absolute atomic E-state index is 0.152. The smallest absolute Gasteiger partial charge is 0.254 e. The fraction of sp³-hybridized carbons (Fsp3) is 0.259. The van der Waals surface area contributed by atoms with Gasteiger partial charge in [0.15, 0.2) is 0 Å². The third kappa shape index (κ3) is 5.20. The number of carbonyl (C=O) groups is 2. The number of hydrogen-bond acceptors (Lipinski definition) is 4. The van der Waals surface area contributed by atoms with Crippen LogP contribution in [0.15, 0.2) is 72.8 Å². The third-order valence-electron chi connectivity index (χ3n) is 6.16. The maximum absolute atomic E-state index is 13.3. The third-order valence-corrected chi connectivity index (χ3v) is 6.16. The van der Waals surface area contributed by atoms with Crippen molar-refractivity contribution in [3.05, 3.63) is 95.3 Å². The van der Waals surface area contributed by atoms with Crippen LogP contribution in [0.2, 0.25) is 0 Å². The van der Waals surface area contributed by atoms with Crippen molar-refractivity contribution in [1.29, 1.82) is 0 Å². The number of nitrogens with one attached hydrogen (secondary N) is 1. The van der Waals surface area contributed by atoms with Gasteiger partial charge in [0.05, 0.1) is 20.1 Å². The average molecular weight is 463 g/mol. The van der Waals surface area contributed by atoms with Crippen LogP contribution in [0, 0.1) is 11.7 Å². The molecule has 6 nitrogen and oxygen atoms in total. The van der Waals surface area contributed by atoms with E-state index in [1.165, 1.54) is 12.1 Å². The molecule has 0 radical (unpaired) electrons. The van der Waals surface area contributed by atoms with Crippen molar-refractivity contribution in [1.82, 2.24) is 10.2 Å². The highest BCUT2D eigenvalue weighted by atomic mass is 19.1. The Bertz CT molecular complexity index is 1170. The van der Waals surface area contributed by atoms with Crippen molar-refractivity contribution in [3.8, 4) is 11.5 Å². The minimum Gasteiger partial charge on any atom is -0.497 e. The van der Waals surface area contributed by atoms with Crippen LogP contribution < -0.4 is 14.8 Å². The average Bonchev–Trinajstić information content (AvgIpc) is 3.33. The summed E-state index contributed by atoms with van der Waals surface area (Å²) in [5, 5.41) is 2.96. The molecule has 3 aromatic carbocycles. The summed E-state index contributed by atoms with van der Waals surface area (Å²) in [4.78, 5) is 28.2. The van der Waals surface area contributed by atoms with Gasteiger partial charge < -0.3 is 19.7 Å². The summed E-state index contributed by atoms with van der Waals surface area (Å²) in [5.74, 6) is 0.0258. The van der Waals surface area contributed by atoms with E-state index in [2.05, 4.69) is 5.32 Å². The fourth-order valence-corrected chi connectivity index (χ4v) is 4.31. The van der Waals surface area contributed by atoms with Crippen molar-refractivity contribution in [2.75, 3.05) is 27.3 Å². The van der Waals surface area contributed by atoms with E-state index < -0.39 is 5.92 Å². The first-order chi connectivity index (χ1) is 16.5. The van der Waals surface area contributed by atoms with Crippen molar-refractivity contribution < 1.29 is 23.5 Å². The molecular weight excluding hydrogens is 435 g/mol. The Morgan fingerprint density at radius 3 is 2.32 bits per heavy atom. The van der Waals surface area contributed by atoms with Gasteiger partial charge >= 0.3 is 0 Å². The molecule has 0 unspecified atom stereocenters. The van der Waals surface area contributed by atoms with Crippen molar-refractivity contribution >= 4 is 11.8 Å². The molecule has 2 amide bonds. The Hall–Kier alpha value is -3.87. The molecule has 3 aromatic rings. The number of methoxy groups -OCH3 is 2. The van der Waals surface area contributed by atoms with E-state index >= 15 is 0 Å². The van der Waals surface area contributed by atoms with Crippen LogP contribution in [0.3, 0.4) is 0 Å². The Kier molecular flexibility index (Phi) is 7.11. The molecule has 0 aromatic heterocycles. The number of hydrogen-bond donors (Lipinski definition) is 1. The van der Waals surface area contributed by atoms with E-state index in [-0.39, 0.29) is 36.6 Å². The molecule has 4 rings (SSSR count). The van der Waals surface area contributed by atoms with E-state index in [4.69, 9.17) is 9.47 Å². The van der Waals surface area contributed by atoms with E-state index in [0.717, 1.165) is 11.1 Å². The lowest BCUT2D eigenvalue weighted by Crippen LogP contribution is -2.35. The van der Waals surface area contributed by atoms with Crippen molar-refractivity contribution in [2.24, 2.45) is 5.92 Å². The number of amides is 2. The van der Waals surface area contributed by atoms with Gasteiger partial charge in [-0.1, -0.05) is 30.3 Å². The first kappa shape index (κ1) is 23.3. The number of rotatable bonds is 7. The lowest BCUT2D eigenvalue weighted by molar-refractivity contribution is -0.125. The van der Waals surface area contributed by atoms with Crippen molar-refractivity contribution in [2.45, 2.75) is 12.5 Å². The predicted octanol–water partition coefficient (Wildman–Crippen LogP) is 4.02. The SMILES string of the molecule is COc1cccc(C(=O)N2C[C@H](C(=O)NCc3ccc(F)cc3)[C@@H](c3cccc(OC)c3)C2)c1. The molecule has 1 aliphatic heterocycles. The number of nitrogens with zero attached hydrogens (tertiary/aromatic N) is 1. The maximum atomic E-state index is 13.3. The topological polar surface area (TPSA) is 67.9 Å². The van der Waals surface area contributed by atoms with Crippen LogP contribution in [-0.2, 0) is 11.3 Å². The molecule has 2 atom stereocenters. The van der Waals surface area contributed by atoms with Gasteiger partial charge in [-0.15, -0.1) is 0 Å². The molecule has 0 aliphatic carbocycles. The summed E-state index contributed by atoms with van der Waals surface area (Å²) >= 11 is 0. The fourth-order valence-electron chi connectivity index (χ4n) is 4.31. The summed E-state index contributed by atoms with van der Waals surface area (Å²) in [7, 11) is 3.15. The Morgan fingerprint density at radius 2 is 1.62 bits per heavy atom. The van der Waals surface area contributed by atoms with E-state index in [1.54, 1.807) is 55.5 Å². The van der Waals surface area contributed by atoms with Gasteiger partial charge in [-0.05, 0) is 53.6 Å². The van der Waals surface area contributed by atoms with E-state index in [1.807, 2.05) is 24.3 Å². The second-order valence-corrected chi connectivity index (χ2v) is 8.28. The monoisotopic (exact) mass is 462 g/mol. The van der Waals surface area contributed by atoms with Gasteiger partial charge in [-0.2, -0.15) is 0 Å². The van der Waals surface area contributed by atoms with E-state index in [9.17, 15) is 14.0 Å². The van der Waals surface area contributed by atoms with Crippen LogP contribution in [-0.4, -0.2) is 44.0 Å². The molecule has 0 spiro atoms. The molecule has 1 heterocycles. The molecule has 7 heteroatoms. The van der Waals surface area contributed by atoms with Gasteiger partial charge in [0.2, 0.25) is 5.91 Å². The number of ether oxygens (including phenoxy) is 2. The molecule has 1 aliphatic rings. The molecule has 1 fully saturated rings. The van der Waals surface area contributed by atoms with Crippen LogP contribution in [0.1, 0.15) is 27.4 Å². The summed E-state index contributed by atoms with van der Waals surface area (Å²) in [6.45, 7) is 0.968. The number of halogens is 1. The largest absolute Gasteiger partial charge is 0.497 e. The summed E-state index contributed by atoms with van der Waals surface area (Å²) in [6, 6.07) is 20.6. The van der Waals surface area contributed by atoms with Crippen molar-refractivity contribution in [3.63, 3.8) is 0 Å². The molecule has 34 heavy (non-hydrogen) atoms. The first-order valence-electron chi connectivity index (χ1n) is 11.1. The predicted molar refractivity (Wildman–Crippen MR) is 126 cm³/mol. The highest BCUT2D eigenvalue weighted by Gasteiger charge is 2.40. The Labute approximate surface area is 198 Å². The number of carbonyl (C=O) groups excluding carboxylic acids is 2. The molecule has 1 N–H and O–H groups in total. The molecule has 1 saturated heterocycles. The highest BCUT2D eigenvalue weighted by molar-refractivity contribution is 5.95. The lowest BCUT2D eigenvalue weighted by Gasteiger charge is -2.19. The lowest BCUT2D eigenvalue weighted by atomic mass is 9.88. The quantitative estimate of drug-likeness (QED) is 0.576. The second kappa shape index (κ2) is 10.4. The van der Waals surface area contributed by atoms with Crippen LogP contribution in [0.5, 0.6) is 11.5 Å². The number of benzene rings is 3. The zero-order chi connectivity index (χ0) is 24.1. The van der Waals surface area contributed by atoms with Crippen LogP contribution in [0.4, 0.5) is 4.39 Å². The van der Waals surface area contributed by atoms with E-state index in [0.29, 0.717) is 23.6 Å². The first-order valence-corrected chi connectivity index (χ1v) is 11.1. The molecule has 176 valence electrons. The number of likely N-dealkylation sites (tertiary alicyclic amines) is 1. The van der Waals surface area contributed by atoms with Gasteiger partial charge in [0.1, 0.15) is 17.3 Å². The standard InChI is InChI=1S/C27H27FN2O4/c1-33-22-7-3-5-19(13-22)24-16-30(27(32)20-6-4-8-23(14-20)34-2)17-25(24)26(31)29-15-18-9-11-21(28)12-10-18/h3-14,24-25H,15-17H2,1-2H3,(H,29,31)/t24-,25+/m1/s1. The second-order valence-electron chi connectivity index (χ2n) is 8.28. The van der Waals surface area contributed by atoms with Crippen LogP contribution >= 0.6 is 0 Å². The summed E-state index contributed by atoms with van der Waals surface area (Å²) in [6.07, 6.45) is 0. The Balaban J connectivity index is 1.56. The van der Waals surface area contributed by atoms with Gasteiger partial charge in [0, 0.05) is 31.1 Å². The summed E-state index contributed by atoms with van der Waals surface area (Å²) in [5.41, 5.74) is 2.24. The normalized spacial score (nSPS) is 17.3. The molecule has 0 bridgehead atoms. The zero-order valence-electron chi connectivity index (χ0n) is 19.2. The zero-order valence-corrected chi connectivity index (χ0v) is 19.2. The molecule has 0 saturated carbocycles. The van der Waals surface area contributed by atoms with Gasteiger partial charge in [0.25, 0.3) is 5.91 Å². The highest BCUT2D eigenvalue weighted by Crippen LogP contribution is 2.35. The summed E-state index contributed by atoms with van der Waals surface area (Å²) < 4.78 is 23.8. The van der Waals surface area contributed by atoms with Gasteiger partial charge in [-0.3, -0.25) is 9.59 Å².